The molecular formula is C20H25N3O2S. The topological polar surface area (TPSA) is 77.1 Å². The van der Waals surface area contributed by atoms with Gasteiger partial charge in [0.1, 0.15) is 0 Å². The molecule has 0 radical (unpaired) electrons. The fraction of sp³-hybridized carbons (Fsp3) is 0.300. The molecule has 5 nitrogen and oxygen atoms in total. The van der Waals surface area contributed by atoms with E-state index in [9.17, 15) is 8.42 Å². The van der Waals surface area contributed by atoms with Gasteiger partial charge in [0.2, 0.25) is 10.0 Å². The van der Waals surface area contributed by atoms with Crippen molar-refractivity contribution in [3.8, 4) is 0 Å². The highest BCUT2D eigenvalue weighted by atomic mass is 32.2. The van der Waals surface area contributed by atoms with E-state index in [1.54, 1.807) is 12.1 Å². The summed E-state index contributed by atoms with van der Waals surface area (Å²) in [6.07, 6.45) is 4.18. The van der Waals surface area contributed by atoms with Crippen LogP contribution in [0.3, 0.4) is 0 Å². The van der Waals surface area contributed by atoms with E-state index >= 15 is 0 Å². The van der Waals surface area contributed by atoms with E-state index in [2.05, 4.69) is 47.3 Å². The zero-order valence-corrected chi connectivity index (χ0v) is 15.8. The van der Waals surface area contributed by atoms with E-state index in [-0.39, 0.29) is 4.90 Å². The quantitative estimate of drug-likeness (QED) is 0.598. The molecule has 0 aliphatic heterocycles. The fourth-order valence-corrected chi connectivity index (χ4v) is 3.71. The van der Waals surface area contributed by atoms with Gasteiger partial charge >= 0.3 is 0 Å². The smallest absolute Gasteiger partial charge is 0.238 e. The van der Waals surface area contributed by atoms with Gasteiger partial charge < -0.3 is 9.88 Å². The summed E-state index contributed by atoms with van der Waals surface area (Å²) >= 11 is 0. The summed E-state index contributed by atoms with van der Waals surface area (Å²) in [5.41, 5.74) is 3.67. The number of nitrogens with zero attached hydrogens (tertiary/aromatic N) is 1. The Morgan fingerprint density at radius 3 is 2.50 bits per heavy atom. The first-order chi connectivity index (χ1) is 12.5. The van der Waals surface area contributed by atoms with Gasteiger partial charge in [0.15, 0.2) is 0 Å². The molecule has 0 saturated heterocycles. The Morgan fingerprint density at radius 1 is 1.08 bits per heavy atom. The molecule has 26 heavy (non-hydrogen) atoms. The van der Waals surface area contributed by atoms with Gasteiger partial charge in [-0.2, -0.15) is 0 Å². The zero-order valence-electron chi connectivity index (χ0n) is 15.0. The van der Waals surface area contributed by atoms with E-state index in [1.165, 1.54) is 16.5 Å². The summed E-state index contributed by atoms with van der Waals surface area (Å²) in [7, 11) is -3.62. The van der Waals surface area contributed by atoms with Crippen molar-refractivity contribution in [2.24, 2.45) is 5.14 Å². The number of nitrogens with two attached hydrogens (primary N) is 1. The molecule has 0 bridgehead atoms. The van der Waals surface area contributed by atoms with Gasteiger partial charge in [-0.1, -0.05) is 37.3 Å². The molecule has 3 rings (SSSR count). The predicted octanol–water partition coefficient (Wildman–Crippen LogP) is 3.03. The summed E-state index contributed by atoms with van der Waals surface area (Å²) < 4.78 is 24.9. The molecule has 0 aliphatic rings. The van der Waals surface area contributed by atoms with Gasteiger partial charge in [0.05, 0.1) is 4.90 Å². The molecule has 3 aromatic rings. The van der Waals surface area contributed by atoms with E-state index in [4.69, 9.17) is 5.14 Å². The number of sulfonamides is 1. The van der Waals surface area contributed by atoms with Crippen LogP contribution in [0, 0.1) is 0 Å². The number of para-hydroxylation sites is 1. The molecule has 0 spiro atoms. The largest absolute Gasteiger partial charge is 0.347 e. The zero-order chi connectivity index (χ0) is 18.6. The second-order valence-electron chi connectivity index (χ2n) is 6.48. The van der Waals surface area contributed by atoms with Crippen LogP contribution in [-0.2, 0) is 29.5 Å². The normalized spacial score (nSPS) is 11.9. The maximum Gasteiger partial charge on any atom is 0.238 e. The first kappa shape index (κ1) is 18.6. The summed E-state index contributed by atoms with van der Waals surface area (Å²) in [6, 6.07) is 15.2. The number of fused-ring (bicyclic) bond motifs is 1. The maximum atomic E-state index is 11.3. The lowest BCUT2D eigenvalue weighted by molar-refractivity contribution is 0.597. The number of hydrogen-bond donors (Lipinski definition) is 2. The van der Waals surface area contributed by atoms with Gasteiger partial charge in [0, 0.05) is 30.2 Å². The number of aryl methyl sites for hydroxylation is 1. The SMILES string of the molecule is CCCn1cc(CNCCc2ccc(S(N)(=O)=O)cc2)c2ccccc21. The summed E-state index contributed by atoms with van der Waals surface area (Å²) in [5.74, 6) is 0. The van der Waals surface area contributed by atoms with Crippen LogP contribution in [-0.4, -0.2) is 19.5 Å². The third-order valence-electron chi connectivity index (χ3n) is 4.49. The number of benzene rings is 2. The molecule has 3 N–H and O–H groups in total. The Labute approximate surface area is 154 Å². The minimum atomic E-state index is -3.62. The van der Waals surface area contributed by atoms with Crippen molar-refractivity contribution in [2.75, 3.05) is 6.54 Å². The Bertz CT molecular complexity index is 976. The van der Waals surface area contributed by atoms with E-state index in [1.807, 2.05) is 12.1 Å². The Kier molecular flexibility index (Phi) is 5.76. The third-order valence-corrected chi connectivity index (χ3v) is 5.42. The molecule has 6 heteroatoms. The number of hydrogen-bond acceptors (Lipinski definition) is 3. The van der Waals surface area contributed by atoms with Crippen molar-refractivity contribution in [3.05, 3.63) is 65.9 Å². The van der Waals surface area contributed by atoms with Crippen LogP contribution in [0.4, 0.5) is 0 Å². The van der Waals surface area contributed by atoms with Crippen molar-refractivity contribution < 1.29 is 8.42 Å². The van der Waals surface area contributed by atoms with Gasteiger partial charge in [-0.05, 0) is 48.7 Å². The maximum absolute atomic E-state index is 11.3. The van der Waals surface area contributed by atoms with Crippen LogP contribution < -0.4 is 10.5 Å². The highest BCUT2D eigenvalue weighted by molar-refractivity contribution is 7.89. The average molecular weight is 372 g/mol. The molecule has 0 aliphatic carbocycles. The Morgan fingerprint density at radius 2 is 1.81 bits per heavy atom. The number of aromatic nitrogens is 1. The van der Waals surface area contributed by atoms with Gasteiger partial charge in [-0.3, -0.25) is 0 Å². The van der Waals surface area contributed by atoms with Crippen LogP contribution in [0.15, 0.2) is 59.6 Å². The number of nitrogens with one attached hydrogen (secondary N) is 1. The van der Waals surface area contributed by atoms with Crippen molar-refractivity contribution >= 4 is 20.9 Å². The monoisotopic (exact) mass is 371 g/mol. The molecular weight excluding hydrogens is 346 g/mol. The summed E-state index contributed by atoms with van der Waals surface area (Å²) in [6.45, 7) is 4.85. The van der Waals surface area contributed by atoms with Crippen molar-refractivity contribution in [1.29, 1.82) is 0 Å². The summed E-state index contributed by atoms with van der Waals surface area (Å²) in [5, 5.41) is 9.90. The van der Waals surface area contributed by atoms with Gasteiger partial charge in [-0.25, -0.2) is 13.6 Å². The lowest BCUT2D eigenvalue weighted by atomic mass is 10.1. The molecule has 2 aromatic carbocycles. The van der Waals surface area contributed by atoms with Gasteiger partial charge in [0.25, 0.3) is 0 Å². The Balaban J connectivity index is 1.59. The molecule has 1 heterocycles. The molecule has 1 aromatic heterocycles. The number of primary sulfonamides is 1. The molecule has 0 fully saturated rings. The lowest BCUT2D eigenvalue weighted by Crippen LogP contribution is -2.16. The van der Waals surface area contributed by atoms with Crippen LogP contribution in [0.25, 0.3) is 10.9 Å². The number of rotatable bonds is 8. The fourth-order valence-electron chi connectivity index (χ4n) is 3.19. The van der Waals surface area contributed by atoms with Crippen molar-refractivity contribution in [2.45, 2.75) is 37.8 Å². The Hall–Kier alpha value is -2.15. The van der Waals surface area contributed by atoms with Crippen molar-refractivity contribution in [3.63, 3.8) is 0 Å². The highest BCUT2D eigenvalue weighted by Gasteiger charge is 2.08. The first-order valence-corrected chi connectivity index (χ1v) is 10.4. The predicted molar refractivity (Wildman–Crippen MR) is 105 cm³/mol. The standard InChI is InChI=1S/C20H25N3O2S/c1-2-13-23-15-17(19-5-3-4-6-20(19)23)14-22-12-11-16-7-9-18(10-8-16)26(21,24)25/h3-10,15,22H,2,11-14H2,1H3,(H2,21,24,25). The lowest BCUT2D eigenvalue weighted by Gasteiger charge is -2.05. The van der Waals surface area contributed by atoms with Crippen LogP contribution in [0.1, 0.15) is 24.5 Å². The van der Waals surface area contributed by atoms with Gasteiger partial charge in [-0.15, -0.1) is 0 Å². The molecule has 0 unspecified atom stereocenters. The molecule has 0 saturated carbocycles. The second-order valence-corrected chi connectivity index (χ2v) is 8.04. The highest BCUT2D eigenvalue weighted by Crippen LogP contribution is 2.21. The minimum absolute atomic E-state index is 0.151. The van der Waals surface area contributed by atoms with E-state index < -0.39 is 10.0 Å². The van der Waals surface area contributed by atoms with Crippen molar-refractivity contribution in [1.82, 2.24) is 9.88 Å². The molecule has 138 valence electrons. The van der Waals surface area contributed by atoms with E-state index in [0.717, 1.165) is 38.0 Å². The van der Waals surface area contributed by atoms with Crippen LogP contribution >= 0.6 is 0 Å². The minimum Gasteiger partial charge on any atom is -0.347 e. The van der Waals surface area contributed by atoms with Crippen LogP contribution in [0.2, 0.25) is 0 Å². The second kappa shape index (κ2) is 8.03. The molecule has 0 amide bonds. The average Bonchev–Trinajstić information content (AvgIpc) is 2.97. The van der Waals surface area contributed by atoms with E-state index in [0.29, 0.717) is 0 Å². The third kappa shape index (κ3) is 4.33. The molecule has 0 atom stereocenters. The van der Waals surface area contributed by atoms with Crippen LogP contribution in [0.5, 0.6) is 0 Å². The first-order valence-electron chi connectivity index (χ1n) is 8.88. The summed E-state index contributed by atoms with van der Waals surface area (Å²) in [4.78, 5) is 0.151.